The summed E-state index contributed by atoms with van der Waals surface area (Å²) in [6, 6.07) is 21.6. The van der Waals surface area contributed by atoms with E-state index in [0.717, 1.165) is 42.1 Å². The highest BCUT2D eigenvalue weighted by Gasteiger charge is 2.40. The van der Waals surface area contributed by atoms with Gasteiger partial charge in [0.25, 0.3) is 0 Å². The molecule has 0 amide bonds. The van der Waals surface area contributed by atoms with Gasteiger partial charge in [0.1, 0.15) is 0 Å². The first-order valence-corrected chi connectivity index (χ1v) is 16.9. The van der Waals surface area contributed by atoms with Crippen LogP contribution in [0.4, 0.5) is 11.4 Å². The summed E-state index contributed by atoms with van der Waals surface area (Å²) >= 11 is 0. The van der Waals surface area contributed by atoms with Crippen molar-refractivity contribution in [3.05, 3.63) is 121 Å². The lowest BCUT2D eigenvalue weighted by Crippen LogP contribution is -2.71. The first kappa shape index (κ1) is 33.0. The predicted molar refractivity (Wildman–Crippen MR) is 193 cm³/mol. The lowest BCUT2D eigenvalue weighted by atomic mass is 10.0. The molecule has 250 valence electrons. The molecule has 2 aromatic carbocycles. The van der Waals surface area contributed by atoms with Crippen molar-refractivity contribution < 1.29 is 0 Å². The van der Waals surface area contributed by atoms with E-state index in [1.807, 2.05) is 6.08 Å². The van der Waals surface area contributed by atoms with Crippen LogP contribution < -0.4 is 41.7 Å². The normalized spacial score (nSPS) is 29.3. The molecule has 3 fully saturated rings. The Hall–Kier alpha value is -3.90. The number of benzene rings is 2. The summed E-state index contributed by atoms with van der Waals surface area (Å²) in [5.74, 6) is 0. The largest absolute Gasteiger partial charge is 0.340 e. The Balaban J connectivity index is 1.49. The maximum absolute atomic E-state index is 4.64. The van der Waals surface area contributed by atoms with Gasteiger partial charge in [0.2, 0.25) is 0 Å². The zero-order chi connectivity index (χ0) is 32.9. The van der Waals surface area contributed by atoms with Crippen molar-refractivity contribution in [3.63, 3.8) is 0 Å². The van der Waals surface area contributed by atoms with Crippen LogP contribution in [-0.4, -0.2) is 66.8 Å². The van der Waals surface area contributed by atoms with Crippen LogP contribution in [0.5, 0.6) is 0 Å². The zero-order valence-electron chi connectivity index (χ0n) is 28.1. The number of nitrogens with zero attached hydrogens (tertiary/aromatic N) is 4. The van der Waals surface area contributed by atoms with Gasteiger partial charge in [0.15, 0.2) is 0 Å². The third kappa shape index (κ3) is 7.03. The van der Waals surface area contributed by atoms with E-state index in [-0.39, 0.29) is 37.0 Å². The zero-order valence-corrected chi connectivity index (χ0v) is 28.1. The van der Waals surface area contributed by atoms with E-state index in [9.17, 15) is 0 Å². The maximum atomic E-state index is 4.64. The Bertz CT molecular complexity index is 1460. The van der Waals surface area contributed by atoms with Crippen molar-refractivity contribution in [2.45, 2.75) is 77.0 Å². The van der Waals surface area contributed by atoms with Gasteiger partial charge in [0.05, 0.1) is 37.0 Å². The number of hydrogen-bond acceptors (Lipinski definition) is 10. The molecule has 6 bridgehead atoms. The summed E-state index contributed by atoms with van der Waals surface area (Å²) in [5.41, 5.74) is 6.36. The highest BCUT2D eigenvalue weighted by atomic mass is 15.5. The number of hydrogen-bond donors (Lipinski definition) is 6. The molecule has 6 rings (SSSR count). The van der Waals surface area contributed by atoms with Gasteiger partial charge < -0.3 is 19.6 Å². The molecule has 0 saturated carbocycles. The monoisotopic (exact) mass is 636 g/mol. The fraction of sp³-hybridized carbons (Fsp3) is 0.405. The number of allylic oxidation sites excluding steroid dienone is 5. The van der Waals surface area contributed by atoms with E-state index in [0.29, 0.717) is 20.0 Å². The quantitative estimate of drug-likeness (QED) is 0.268. The molecule has 6 unspecified atom stereocenters. The van der Waals surface area contributed by atoms with Gasteiger partial charge in [-0.1, -0.05) is 62.2 Å². The van der Waals surface area contributed by atoms with E-state index in [1.54, 1.807) is 0 Å². The Morgan fingerprint density at radius 3 is 1.51 bits per heavy atom. The highest BCUT2D eigenvalue weighted by molar-refractivity contribution is 5.51. The minimum atomic E-state index is -0.00843. The van der Waals surface area contributed by atoms with Crippen molar-refractivity contribution in [2.24, 2.45) is 0 Å². The smallest absolute Gasteiger partial charge is 0.0884 e. The van der Waals surface area contributed by atoms with Crippen LogP contribution >= 0.6 is 0 Å². The van der Waals surface area contributed by atoms with Gasteiger partial charge in [0, 0.05) is 73.4 Å². The predicted octanol–water partition coefficient (Wildman–Crippen LogP) is 4.24. The molecular weight excluding hydrogens is 584 g/mol. The molecule has 0 aromatic heterocycles. The number of rotatable bonds is 5. The first-order valence-electron chi connectivity index (χ1n) is 16.9. The third-order valence-corrected chi connectivity index (χ3v) is 9.85. The summed E-state index contributed by atoms with van der Waals surface area (Å²) < 4.78 is 0. The number of fused-ring (bicyclic) bond motifs is 6. The Kier molecular flexibility index (Phi) is 10.5. The molecule has 4 heterocycles. The molecule has 47 heavy (non-hydrogen) atoms. The van der Waals surface area contributed by atoms with Crippen molar-refractivity contribution in [1.29, 1.82) is 0 Å². The minimum Gasteiger partial charge on any atom is -0.340 e. The van der Waals surface area contributed by atoms with Crippen LogP contribution in [0.25, 0.3) is 0 Å². The second-order valence-electron chi connectivity index (χ2n) is 12.7. The summed E-state index contributed by atoms with van der Waals surface area (Å²) in [4.78, 5) is 9.71. The Labute approximate surface area is 280 Å². The lowest BCUT2D eigenvalue weighted by Gasteiger charge is -2.52. The van der Waals surface area contributed by atoms with E-state index in [1.165, 1.54) is 11.4 Å². The van der Waals surface area contributed by atoms with E-state index in [2.05, 4.69) is 165 Å². The van der Waals surface area contributed by atoms with Gasteiger partial charge in [-0.3, -0.25) is 31.9 Å². The molecule has 6 atom stereocenters. The average molecular weight is 637 g/mol. The molecular formula is C37H52N10. The molecule has 10 nitrogen and oxygen atoms in total. The van der Waals surface area contributed by atoms with Crippen molar-refractivity contribution in [1.82, 2.24) is 41.7 Å². The fourth-order valence-corrected chi connectivity index (χ4v) is 7.58. The summed E-state index contributed by atoms with van der Waals surface area (Å²) in [7, 11) is 0. The van der Waals surface area contributed by atoms with Crippen molar-refractivity contribution in [2.75, 3.05) is 29.8 Å². The fourth-order valence-electron chi connectivity index (χ4n) is 7.58. The van der Waals surface area contributed by atoms with Gasteiger partial charge >= 0.3 is 0 Å². The van der Waals surface area contributed by atoms with Crippen LogP contribution in [-0.2, 0) is 0 Å². The van der Waals surface area contributed by atoms with Crippen LogP contribution in [0.1, 0.15) is 40.0 Å². The van der Waals surface area contributed by atoms with Crippen LogP contribution in [0, 0.1) is 0 Å². The molecule has 4 aliphatic rings. The van der Waals surface area contributed by atoms with E-state index in [4.69, 9.17) is 0 Å². The average Bonchev–Trinajstić information content (AvgIpc) is 3.10. The van der Waals surface area contributed by atoms with Crippen molar-refractivity contribution >= 4 is 11.4 Å². The first-order chi connectivity index (χ1) is 22.9. The Morgan fingerprint density at radius 2 is 1.09 bits per heavy atom. The number of anilines is 2. The summed E-state index contributed by atoms with van der Waals surface area (Å²) in [5, 5.41) is 22.7. The van der Waals surface area contributed by atoms with Crippen molar-refractivity contribution in [3.8, 4) is 0 Å². The van der Waals surface area contributed by atoms with Crippen LogP contribution in [0.15, 0.2) is 121 Å². The van der Waals surface area contributed by atoms with Crippen LogP contribution in [0.3, 0.4) is 0 Å². The second kappa shape index (κ2) is 14.9. The van der Waals surface area contributed by atoms with Crippen LogP contribution in [0.2, 0.25) is 0 Å². The van der Waals surface area contributed by atoms with Gasteiger partial charge in [-0.05, 0) is 57.2 Å². The minimum absolute atomic E-state index is 0.00843. The molecule has 4 aliphatic heterocycles. The molecule has 0 spiro atoms. The lowest BCUT2D eigenvalue weighted by molar-refractivity contribution is 0.155. The summed E-state index contributed by atoms with van der Waals surface area (Å²) in [6.45, 7) is 21.6. The molecule has 10 heteroatoms. The molecule has 2 aromatic rings. The van der Waals surface area contributed by atoms with Gasteiger partial charge in [-0.2, -0.15) is 0 Å². The second-order valence-corrected chi connectivity index (χ2v) is 12.7. The van der Waals surface area contributed by atoms with Gasteiger partial charge in [-0.25, -0.2) is 0 Å². The molecule has 0 aliphatic carbocycles. The summed E-state index contributed by atoms with van der Waals surface area (Å²) in [6.07, 6.45) is 9.00. The molecule has 6 N–H and O–H groups in total. The van der Waals surface area contributed by atoms with E-state index < -0.39 is 0 Å². The molecule has 3 saturated heterocycles. The maximum Gasteiger partial charge on any atom is 0.0884 e. The third-order valence-electron chi connectivity index (χ3n) is 9.85. The number of para-hydroxylation sites is 2. The van der Waals surface area contributed by atoms with E-state index >= 15 is 0 Å². The SMILES string of the molecule is C=CC(=C)N1C(C)=CC(=C)N(C(C)=CC)C2CC(NCN2)N(c2ccccc2)C2CC(NCN2)N(c2ccccc2)C2CC1NCN2. The standard InChI is InChI=1S/C37H52N10/c1-7-26(3)44-28(5)19-29(6)45(27(4)8-2)33-21-35(41-24-39-33)47(31-17-13-10-14-18-31)37-22-36(42-25-43-37)46(30-15-11-9-12-16-30)34-20-32(44)38-23-40-34/h7-19,32-43H,1,3,6,20-25H2,2,4-5H3. The van der Waals surface area contributed by atoms with Gasteiger partial charge in [-0.15, -0.1) is 0 Å². The number of nitrogens with one attached hydrogen (secondary N) is 6. The Morgan fingerprint density at radius 1 is 0.681 bits per heavy atom. The highest BCUT2D eigenvalue weighted by Crippen LogP contribution is 2.32. The molecule has 0 radical (unpaired) electrons. The topological polar surface area (TPSA) is 85.1 Å².